The molecule has 5 nitrogen and oxygen atoms in total. The van der Waals surface area contributed by atoms with Gasteiger partial charge in [0.05, 0.1) is 18.5 Å². The van der Waals surface area contributed by atoms with E-state index in [1.54, 1.807) is 0 Å². The van der Waals surface area contributed by atoms with Crippen molar-refractivity contribution in [2.45, 2.75) is 0 Å². The number of carbonyl (C=O) groups excluding carboxylic acids is 1. The molecular weight excluding hydrogens is 340 g/mol. The SMILES string of the molecule is C=C(c1ccc(Oc2ccccc2)cc1)N(Nc1ccccc1)C(=O)OC. The van der Waals surface area contributed by atoms with Crippen molar-refractivity contribution in [3.05, 3.63) is 97.1 Å². The lowest BCUT2D eigenvalue weighted by Gasteiger charge is -2.25. The van der Waals surface area contributed by atoms with Crippen LogP contribution in [0, 0.1) is 0 Å². The van der Waals surface area contributed by atoms with E-state index in [9.17, 15) is 4.79 Å². The summed E-state index contributed by atoms with van der Waals surface area (Å²) in [5.74, 6) is 1.45. The average molecular weight is 360 g/mol. The molecule has 5 heteroatoms. The van der Waals surface area contributed by atoms with Crippen LogP contribution < -0.4 is 10.2 Å². The first kappa shape index (κ1) is 18.1. The molecule has 0 atom stereocenters. The van der Waals surface area contributed by atoms with Gasteiger partial charge in [0, 0.05) is 5.56 Å². The highest BCUT2D eigenvalue weighted by Crippen LogP contribution is 2.25. The molecule has 3 rings (SSSR count). The second kappa shape index (κ2) is 8.58. The van der Waals surface area contributed by atoms with E-state index < -0.39 is 6.09 Å². The van der Waals surface area contributed by atoms with E-state index in [1.807, 2.05) is 84.9 Å². The fourth-order valence-electron chi connectivity index (χ4n) is 2.43. The van der Waals surface area contributed by atoms with Crippen molar-refractivity contribution < 1.29 is 14.3 Å². The van der Waals surface area contributed by atoms with E-state index in [0.717, 1.165) is 17.0 Å². The number of rotatable bonds is 6. The lowest BCUT2D eigenvalue weighted by Crippen LogP contribution is -2.34. The van der Waals surface area contributed by atoms with Crippen molar-refractivity contribution in [1.82, 2.24) is 5.01 Å². The van der Waals surface area contributed by atoms with Crippen molar-refractivity contribution in [2.75, 3.05) is 12.5 Å². The number of carbonyl (C=O) groups is 1. The molecule has 0 aromatic heterocycles. The van der Waals surface area contributed by atoms with Crippen molar-refractivity contribution in [1.29, 1.82) is 0 Å². The van der Waals surface area contributed by atoms with Crippen LogP contribution >= 0.6 is 0 Å². The van der Waals surface area contributed by atoms with Crippen LogP contribution in [0.15, 0.2) is 91.5 Å². The Bertz CT molecular complexity index is 894. The second-order valence-corrected chi connectivity index (χ2v) is 5.67. The van der Waals surface area contributed by atoms with E-state index in [4.69, 9.17) is 9.47 Å². The molecule has 27 heavy (non-hydrogen) atoms. The number of hydrazine groups is 1. The Balaban J connectivity index is 1.76. The highest BCUT2D eigenvalue weighted by molar-refractivity contribution is 5.83. The smallest absolute Gasteiger partial charge is 0.433 e. The normalized spacial score (nSPS) is 9.96. The van der Waals surface area contributed by atoms with Crippen LogP contribution in [0.1, 0.15) is 5.56 Å². The zero-order valence-electron chi connectivity index (χ0n) is 15.0. The van der Waals surface area contributed by atoms with Crippen molar-refractivity contribution >= 4 is 17.5 Å². The Morgan fingerprint density at radius 3 is 2.00 bits per heavy atom. The fraction of sp³-hybridized carbons (Fsp3) is 0.0455. The van der Waals surface area contributed by atoms with Gasteiger partial charge in [-0.25, -0.2) is 4.79 Å². The van der Waals surface area contributed by atoms with E-state index in [-0.39, 0.29) is 0 Å². The molecule has 0 spiro atoms. The van der Waals surface area contributed by atoms with Gasteiger partial charge in [0.1, 0.15) is 11.5 Å². The third-order valence-electron chi connectivity index (χ3n) is 3.81. The maximum atomic E-state index is 12.2. The Morgan fingerprint density at radius 1 is 0.852 bits per heavy atom. The fourth-order valence-corrected chi connectivity index (χ4v) is 2.43. The molecule has 0 aliphatic heterocycles. The van der Waals surface area contributed by atoms with Gasteiger partial charge < -0.3 is 9.47 Å². The number of ether oxygens (including phenoxy) is 2. The number of nitrogens with one attached hydrogen (secondary N) is 1. The summed E-state index contributed by atoms with van der Waals surface area (Å²) in [6, 6.07) is 26.2. The quantitative estimate of drug-likeness (QED) is 0.586. The van der Waals surface area contributed by atoms with E-state index >= 15 is 0 Å². The molecule has 0 heterocycles. The third-order valence-corrected chi connectivity index (χ3v) is 3.81. The summed E-state index contributed by atoms with van der Waals surface area (Å²) < 4.78 is 10.7. The van der Waals surface area contributed by atoms with Gasteiger partial charge >= 0.3 is 6.09 Å². The molecule has 3 aromatic carbocycles. The third kappa shape index (κ3) is 4.67. The maximum absolute atomic E-state index is 12.2. The van der Waals surface area contributed by atoms with Gasteiger partial charge in [-0.3, -0.25) is 5.43 Å². The largest absolute Gasteiger partial charge is 0.457 e. The predicted molar refractivity (Wildman–Crippen MR) is 106 cm³/mol. The minimum Gasteiger partial charge on any atom is -0.457 e. The molecule has 0 fully saturated rings. The summed E-state index contributed by atoms with van der Waals surface area (Å²) in [7, 11) is 1.33. The zero-order chi connectivity index (χ0) is 19.1. The molecule has 1 N–H and O–H groups in total. The van der Waals surface area contributed by atoms with Gasteiger partial charge in [-0.2, -0.15) is 5.01 Å². The topological polar surface area (TPSA) is 50.8 Å². The summed E-state index contributed by atoms with van der Waals surface area (Å²) in [6.07, 6.45) is -0.562. The van der Waals surface area contributed by atoms with Crippen molar-refractivity contribution in [3.8, 4) is 11.5 Å². The maximum Gasteiger partial charge on any atom is 0.433 e. The van der Waals surface area contributed by atoms with Crippen LogP contribution in [0.3, 0.4) is 0 Å². The Hall–Kier alpha value is -3.73. The molecule has 0 aliphatic carbocycles. The van der Waals surface area contributed by atoms with Crippen LogP contribution in [0.25, 0.3) is 5.70 Å². The summed E-state index contributed by atoms with van der Waals surface area (Å²) in [5.41, 5.74) is 4.96. The van der Waals surface area contributed by atoms with Crippen LogP contribution in [0.5, 0.6) is 11.5 Å². The number of anilines is 1. The van der Waals surface area contributed by atoms with Crippen LogP contribution in [0.4, 0.5) is 10.5 Å². The Kier molecular flexibility index (Phi) is 5.74. The van der Waals surface area contributed by atoms with Crippen LogP contribution in [0.2, 0.25) is 0 Å². The molecule has 0 aliphatic rings. The zero-order valence-corrected chi connectivity index (χ0v) is 15.0. The lowest BCUT2D eigenvalue weighted by atomic mass is 10.1. The molecule has 3 aromatic rings. The molecule has 0 radical (unpaired) electrons. The van der Waals surface area contributed by atoms with Gasteiger partial charge in [0.2, 0.25) is 0 Å². The average Bonchev–Trinajstić information content (AvgIpc) is 2.73. The van der Waals surface area contributed by atoms with Gasteiger partial charge in [-0.1, -0.05) is 43.0 Å². The van der Waals surface area contributed by atoms with Gasteiger partial charge in [-0.05, 0) is 48.5 Å². The van der Waals surface area contributed by atoms with Gasteiger partial charge in [-0.15, -0.1) is 0 Å². The molecular formula is C22H20N2O3. The van der Waals surface area contributed by atoms with Gasteiger partial charge in [0.25, 0.3) is 0 Å². The molecule has 0 saturated heterocycles. The van der Waals surface area contributed by atoms with E-state index in [1.165, 1.54) is 12.1 Å². The molecule has 1 amide bonds. The highest BCUT2D eigenvalue weighted by atomic mass is 16.5. The second-order valence-electron chi connectivity index (χ2n) is 5.67. The number of hydrogen-bond donors (Lipinski definition) is 1. The number of hydrogen-bond acceptors (Lipinski definition) is 4. The van der Waals surface area contributed by atoms with Crippen molar-refractivity contribution in [2.24, 2.45) is 0 Å². The highest BCUT2D eigenvalue weighted by Gasteiger charge is 2.19. The standard InChI is InChI=1S/C22H20N2O3/c1-17(24(22(25)26-2)23-19-9-5-3-6-10-19)18-13-15-21(16-14-18)27-20-11-7-4-8-12-20/h3-16,23H,1H2,2H3. The monoisotopic (exact) mass is 360 g/mol. The number of nitrogens with zero attached hydrogens (tertiary/aromatic N) is 1. The first-order chi connectivity index (χ1) is 13.2. The predicted octanol–water partition coefficient (Wildman–Crippen LogP) is 5.55. The number of benzene rings is 3. The van der Waals surface area contributed by atoms with Gasteiger partial charge in [0.15, 0.2) is 0 Å². The molecule has 0 bridgehead atoms. The van der Waals surface area contributed by atoms with E-state index in [0.29, 0.717) is 11.4 Å². The van der Waals surface area contributed by atoms with E-state index in [2.05, 4.69) is 12.0 Å². The first-order valence-electron chi connectivity index (χ1n) is 8.39. The summed E-state index contributed by atoms with van der Waals surface area (Å²) in [4.78, 5) is 12.2. The van der Waals surface area contributed by atoms with Crippen LogP contribution in [-0.2, 0) is 4.74 Å². The Morgan fingerprint density at radius 2 is 1.41 bits per heavy atom. The molecule has 0 saturated carbocycles. The summed E-state index contributed by atoms with van der Waals surface area (Å²) in [5, 5.41) is 1.27. The number of methoxy groups -OCH3 is 1. The summed E-state index contributed by atoms with van der Waals surface area (Å²) >= 11 is 0. The minimum absolute atomic E-state index is 0.456. The lowest BCUT2D eigenvalue weighted by molar-refractivity contribution is 0.149. The van der Waals surface area contributed by atoms with Crippen LogP contribution in [-0.4, -0.2) is 18.2 Å². The Labute approximate surface area is 158 Å². The number of amides is 1. The summed E-state index contributed by atoms with van der Waals surface area (Å²) in [6.45, 7) is 4.03. The van der Waals surface area contributed by atoms with Crippen molar-refractivity contribution in [3.63, 3.8) is 0 Å². The first-order valence-corrected chi connectivity index (χ1v) is 8.39. The molecule has 136 valence electrons. The molecule has 0 unspecified atom stereocenters. The minimum atomic E-state index is -0.562. The number of para-hydroxylation sites is 2.